The SMILES string of the molecule is CC(C)(Cc1ccccc1)N(CCC(N)=O)CCN(CCc1ccc(O)c2[nH]c(=O)sc12)C1CCCCC1. The number of H-pyrrole nitrogens is 1. The molecule has 0 atom stereocenters. The summed E-state index contributed by atoms with van der Waals surface area (Å²) < 4.78 is 0.852. The number of aromatic amines is 1. The molecule has 0 bridgehead atoms. The van der Waals surface area contributed by atoms with Gasteiger partial charge in [0.15, 0.2) is 0 Å². The number of carbonyl (C=O) groups excluding carboxylic acids is 1. The van der Waals surface area contributed by atoms with Crippen molar-refractivity contribution in [3.8, 4) is 5.75 Å². The van der Waals surface area contributed by atoms with Crippen LogP contribution in [0.3, 0.4) is 0 Å². The molecule has 4 rings (SSSR count). The van der Waals surface area contributed by atoms with E-state index in [9.17, 15) is 14.7 Å². The summed E-state index contributed by atoms with van der Waals surface area (Å²) in [5.74, 6) is -0.145. The molecule has 4 N–H and O–H groups in total. The standard InChI is InChI=1S/C30H42N4O3S/c1-30(2,21-22-9-5-3-6-10-22)34(18-16-26(31)36)20-19-33(24-11-7-4-8-12-24)17-15-23-13-14-25(35)27-28(23)38-29(37)32-27/h3,5-6,9-10,13-14,24,35H,4,7-8,11-12,15-21H2,1-2H3,(H2,31,36)(H,32,37). The molecule has 1 aliphatic rings. The van der Waals surface area contributed by atoms with Gasteiger partial charge in [0, 0.05) is 44.2 Å². The van der Waals surface area contributed by atoms with Crippen LogP contribution >= 0.6 is 11.3 Å². The number of amides is 1. The van der Waals surface area contributed by atoms with E-state index in [1.54, 1.807) is 6.07 Å². The summed E-state index contributed by atoms with van der Waals surface area (Å²) in [5, 5.41) is 10.2. The van der Waals surface area contributed by atoms with Crippen molar-refractivity contribution in [1.82, 2.24) is 14.8 Å². The van der Waals surface area contributed by atoms with Crippen molar-refractivity contribution in [2.24, 2.45) is 5.73 Å². The molecule has 3 aromatic rings. The molecule has 206 valence electrons. The zero-order valence-electron chi connectivity index (χ0n) is 22.7. The Morgan fingerprint density at radius 2 is 1.79 bits per heavy atom. The van der Waals surface area contributed by atoms with Crippen LogP contribution in [0.1, 0.15) is 63.5 Å². The van der Waals surface area contributed by atoms with Gasteiger partial charge in [-0.25, -0.2) is 0 Å². The third-order valence-electron chi connectivity index (χ3n) is 8.02. The van der Waals surface area contributed by atoms with Crippen LogP contribution in [0.2, 0.25) is 0 Å². The van der Waals surface area contributed by atoms with Crippen molar-refractivity contribution in [2.75, 3.05) is 26.2 Å². The molecular formula is C30H42N4O3S. The van der Waals surface area contributed by atoms with E-state index in [0.717, 1.165) is 42.7 Å². The fourth-order valence-corrected chi connectivity index (χ4v) is 6.77. The number of hydrogen-bond acceptors (Lipinski definition) is 6. The molecule has 7 nitrogen and oxygen atoms in total. The van der Waals surface area contributed by atoms with E-state index < -0.39 is 0 Å². The number of primary amides is 1. The van der Waals surface area contributed by atoms with Gasteiger partial charge in [0.25, 0.3) is 0 Å². The van der Waals surface area contributed by atoms with Crippen LogP contribution in [-0.4, -0.2) is 63.6 Å². The molecule has 0 spiro atoms. The summed E-state index contributed by atoms with van der Waals surface area (Å²) in [6, 6.07) is 14.7. The zero-order chi connectivity index (χ0) is 27.1. The lowest BCUT2D eigenvalue weighted by atomic mass is 9.92. The van der Waals surface area contributed by atoms with Gasteiger partial charge in [-0.3, -0.25) is 19.4 Å². The molecule has 1 heterocycles. The molecule has 1 fully saturated rings. The largest absolute Gasteiger partial charge is 0.506 e. The summed E-state index contributed by atoms with van der Waals surface area (Å²) in [7, 11) is 0. The van der Waals surface area contributed by atoms with Gasteiger partial charge in [0.2, 0.25) is 5.91 Å². The smallest absolute Gasteiger partial charge is 0.305 e. The average molecular weight is 539 g/mol. The molecule has 0 saturated heterocycles. The first-order chi connectivity index (χ1) is 18.2. The number of nitrogens with zero attached hydrogens (tertiary/aromatic N) is 2. The first-order valence-electron chi connectivity index (χ1n) is 13.9. The van der Waals surface area contributed by atoms with E-state index in [0.29, 0.717) is 24.5 Å². The van der Waals surface area contributed by atoms with E-state index >= 15 is 0 Å². The van der Waals surface area contributed by atoms with Crippen molar-refractivity contribution < 1.29 is 9.90 Å². The molecule has 2 aromatic carbocycles. The van der Waals surface area contributed by atoms with E-state index in [-0.39, 0.29) is 22.1 Å². The van der Waals surface area contributed by atoms with Crippen molar-refractivity contribution in [3.63, 3.8) is 0 Å². The Morgan fingerprint density at radius 3 is 2.50 bits per heavy atom. The number of thiazole rings is 1. The highest BCUT2D eigenvalue weighted by atomic mass is 32.1. The lowest BCUT2D eigenvalue weighted by Gasteiger charge is -2.42. The van der Waals surface area contributed by atoms with Gasteiger partial charge in [-0.1, -0.05) is 67.0 Å². The van der Waals surface area contributed by atoms with Crippen molar-refractivity contribution in [1.29, 1.82) is 0 Å². The van der Waals surface area contributed by atoms with Crippen molar-refractivity contribution >= 4 is 27.5 Å². The highest BCUT2D eigenvalue weighted by Crippen LogP contribution is 2.29. The van der Waals surface area contributed by atoms with Gasteiger partial charge in [0.1, 0.15) is 11.3 Å². The van der Waals surface area contributed by atoms with Crippen molar-refractivity contribution in [2.45, 2.75) is 76.8 Å². The third kappa shape index (κ3) is 7.46. The Bertz CT molecular complexity index is 1250. The number of aromatic nitrogens is 1. The number of carbonyl (C=O) groups is 1. The fraction of sp³-hybridized carbons (Fsp3) is 0.533. The van der Waals surface area contributed by atoms with Gasteiger partial charge in [-0.15, -0.1) is 0 Å². The maximum atomic E-state index is 12.0. The fourth-order valence-electron chi connectivity index (χ4n) is 5.88. The van der Waals surface area contributed by atoms with Crippen LogP contribution in [0.4, 0.5) is 0 Å². The minimum Gasteiger partial charge on any atom is -0.506 e. The maximum Gasteiger partial charge on any atom is 0.305 e. The molecule has 1 amide bonds. The van der Waals surface area contributed by atoms with Crippen LogP contribution in [0.25, 0.3) is 10.2 Å². The lowest BCUT2D eigenvalue weighted by molar-refractivity contribution is -0.118. The lowest BCUT2D eigenvalue weighted by Crippen LogP contribution is -2.51. The minimum atomic E-state index is -0.267. The predicted molar refractivity (Wildman–Crippen MR) is 156 cm³/mol. The second-order valence-corrected chi connectivity index (χ2v) is 12.2. The summed E-state index contributed by atoms with van der Waals surface area (Å²) in [5.41, 5.74) is 8.35. The molecule has 1 aromatic heterocycles. The molecule has 0 radical (unpaired) electrons. The van der Waals surface area contributed by atoms with Crippen LogP contribution < -0.4 is 10.6 Å². The number of fused-ring (bicyclic) bond motifs is 1. The van der Waals surface area contributed by atoms with Gasteiger partial charge >= 0.3 is 4.87 Å². The number of hydrogen-bond donors (Lipinski definition) is 3. The first kappa shape index (κ1) is 28.3. The average Bonchev–Trinajstić information content (AvgIpc) is 3.30. The summed E-state index contributed by atoms with van der Waals surface area (Å²) in [6.45, 7) is 7.81. The molecular weight excluding hydrogens is 496 g/mol. The monoisotopic (exact) mass is 538 g/mol. The summed E-state index contributed by atoms with van der Waals surface area (Å²) in [6.07, 6.45) is 8.29. The number of phenols is 1. The first-order valence-corrected chi connectivity index (χ1v) is 14.7. The summed E-state index contributed by atoms with van der Waals surface area (Å²) in [4.78, 5) is 31.4. The van der Waals surface area contributed by atoms with E-state index in [1.807, 2.05) is 12.1 Å². The topological polar surface area (TPSA) is 103 Å². The van der Waals surface area contributed by atoms with Gasteiger partial charge in [0.05, 0.1) is 4.70 Å². The Kier molecular flexibility index (Phi) is 9.63. The summed E-state index contributed by atoms with van der Waals surface area (Å²) >= 11 is 1.17. The second-order valence-electron chi connectivity index (χ2n) is 11.2. The van der Waals surface area contributed by atoms with Gasteiger partial charge in [-0.2, -0.15) is 0 Å². The number of nitrogens with one attached hydrogen (secondary N) is 1. The van der Waals surface area contributed by atoms with Gasteiger partial charge < -0.3 is 15.8 Å². The van der Waals surface area contributed by atoms with E-state index in [1.165, 1.54) is 49.0 Å². The maximum absolute atomic E-state index is 12.0. The predicted octanol–water partition coefficient (Wildman–Crippen LogP) is 4.67. The van der Waals surface area contributed by atoms with E-state index in [2.05, 4.69) is 52.9 Å². The third-order valence-corrected chi connectivity index (χ3v) is 8.98. The van der Waals surface area contributed by atoms with E-state index in [4.69, 9.17) is 5.73 Å². The molecule has 8 heteroatoms. The number of aromatic hydroxyl groups is 1. The molecule has 1 saturated carbocycles. The normalized spacial score (nSPS) is 15.1. The Morgan fingerprint density at radius 1 is 1.05 bits per heavy atom. The van der Waals surface area contributed by atoms with Crippen LogP contribution in [0.5, 0.6) is 5.75 Å². The zero-order valence-corrected chi connectivity index (χ0v) is 23.6. The highest BCUT2D eigenvalue weighted by Gasteiger charge is 2.29. The molecule has 0 unspecified atom stereocenters. The molecule has 38 heavy (non-hydrogen) atoms. The molecule has 1 aliphatic carbocycles. The van der Waals surface area contributed by atoms with Crippen molar-refractivity contribution in [3.05, 3.63) is 63.3 Å². The highest BCUT2D eigenvalue weighted by molar-refractivity contribution is 7.16. The second kappa shape index (κ2) is 12.9. The Hall–Kier alpha value is -2.68. The van der Waals surface area contributed by atoms with Crippen LogP contribution in [-0.2, 0) is 17.6 Å². The Balaban J connectivity index is 1.50. The number of nitrogens with two attached hydrogens (primary N) is 1. The molecule has 0 aliphatic heterocycles. The number of phenolic OH excluding ortho intramolecular Hbond substituents is 1. The Labute approximate surface area is 229 Å². The van der Waals surface area contributed by atoms with Crippen LogP contribution in [0, 0.1) is 0 Å². The van der Waals surface area contributed by atoms with Gasteiger partial charge in [-0.05, 0) is 56.7 Å². The van der Waals surface area contributed by atoms with Crippen LogP contribution in [0.15, 0.2) is 47.3 Å². The quantitative estimate of drug-likeness (QED) is 0.293. The minimum absolute atomic E-state index is 0.122. The number of benzene rings is 2. The number of rotatable bonds is 13.